The lowest BCUT2D eigenvalue weighted by Crippen LogP contribution is -2.33. The first-order chi connectivity index (χ1) is 10.8. The summed E-state index contributed by atoms with van der Waals surface area (Å²) >= 11 is 0. The molecule has 0 bridgehead atoms. The Morgan fingerprint density at radius 3 is 2.78 bits per heavy atom. The lowest BCUT2D eigenvalue weighted by atomic mass is 10.1. The molecule has 126 valence electrons. The number of phosphoric ester groups is 1. The van der Waals surface area contributed by atoms with Crippen LogP contribution < -0.4 is 5.73 Å². The van der Waals surface area contributed by atoms with E-state index < -0.39 is 39.0 Å². The summed E-state index contributed by atoms with van der Waals surface area (Å²) in [5.74, 6) is 0. The molecule has 0 spiro atoms. The van der Waals surface area contributed by atoms with Crippen molar-refractivity contribution in [2.24, 2.45) is 0 Å². The molecule has 0 unspecified atom stereocenters. The number of hydrogen-bond acceptors (Lipinski definition) is 8. The molecule has 3 rings (SSSR count). The molecule has 0 aliphatic carbocycles. The molecule has 0 amide bonds. The maximum atomic E-state index is 10.7. The van der Waals surface area contributed by atoms with Crippen molar-refractivity contribution in [3.8, 4) is 0 Å². The summed E-state index contributed by atoms with van der Waals surface area (Å²) in [6.45, 7) is -0.582. The third kappa shape index (κ3) is 3.08. The summed E-state index contributed by atoms with van der Waals surface area (Å²) in [6, 6.07) is 1.57. The van der Waals surface area contributed by atoms with Gasteiger partial charge in [0.2, 0.25) is 0 Å². The van der Waals surface area contributed by atoms with Crippen LogP contribution in [0.15, 0.2) is 18.6 Å². The first kappa shape index (κ1) is 16.3. The molecule has 0 saturated carbocycles. The molecule has 23 heavy (non-hydrogen) atoms. The van der Waals surface area contributed by atoms with E-state index in [2.05, 4.69) is 14.5 Å². The fourth-order valence-electron chi connectivity index (χ4n) is 2.41. The monoisotopic (exact) mass is 346 g/mol. The second kappa shape index (κ2) is 5.80. The normalized spacial score (nSPS) is 28.5. The van der Waals surface area contributed by atoms with Gasteiger partial charge in [0.05, 0.1) is 18.6 Å². The summed E-state index contributed by atoms with van der Waals surface area (Å²) in [5, 5.41) is 20.1. The second-order valence-corrected chi connectivity index (χ2v) is 6.30. The van der Waals surface area contributed by atoms with Gasteiger partial charge in [0, 0.05) is 6.20 Å². The van der Waals surface area contributed by atoms with Gasteiger partial charge in [-0.3, -0.25) is 9.09 Å². The summed E-state index contributed by atoms with van der Waals surface area (Å²) in [4.78, 5) is 25.6. The van der Waals surface area contributed by atoms with Crippen LogP contribution in [-0.2, 0) is 13.8 Å². The van der Waals surface area contributed by atoms with Gasteiger partial charge in [-0.2, -0.15) is 0 Å². The van der Waals surface area contributed by atoms with E-state index >= 15 is 0 Å². The summed E-state index contributed by atoms with van der Waals surface area (Å²) in [5.41, 5.74) is 6.92. The highest BCUT2D eigenvalue weighted by atomic mass is 31.2. The van der Waals surface area contributed by atoms with Gasteiger partial charge in [0.25, 0.3) is 0 Å². The third-order valence-corrected chi connectivity index (χ3v) is 4.00. The third-order valence-electron chi connectivity index (χ3n) is 3.51. The van der Waals surface area contributed by atoms with Crippen molar-refractivity contribution in [3.63, 3.8) is 0 Å². The zero-order valence-electron chi connectivity index (χ0n) is 11.6. The van der Waals surface area contributed by atoms with Crippen LogP contribution in [-0.4, -0.2) is 59.5 Å². The van der Waals surface area contributed by atoms with Crippen LogP contribution >= 0.6 is 7.82 Å². The number of aromatic nitrogens is 3. The van der Waals surface area contributed by atoms with Crippen molar-refractivity contribution in [1.29, 1.82) is 0 Å². The smallest absolute Gasteiger partial charge is 0.397 e. The number of aliphatic hydroxyl groups is 2. The van der Waals surface area contributed by atoms with Gasteiger partial charge < -0.3 is 30.5 Å². The van der Waals surface area contributed by atoms with Crippen LogP contribution in [0.25, 0.3) is 11.2 Å². The largest absolute Gasteiger partial charge is 0.469 e. The number of hydrogen-bond donors (Lipinski definition) is 5. The highest BCUT2D eigenvalue weighted by molar-refractivity contribution is 7.46. The van der Waals surface area contributed by atoms with E-state index in [1.807, 2.05) is 0 Å². The van der Waals surface area contributed by atoms with Crippen LogP contribution in [0, 0.1) is 0 Å². The number of ether oxygens (including phenoxy) is 1. The zero-order chi connectivity index (χ0) is 16.8. The van der Waals surface area contributed by atoms with Gasteiger partial charge in [0.1, 0.15) is 23.8 Å². The molecule has 2 aromatic heterocycles. The fourth-order valence-corrected chi connectivity index (χ4v) is 2.75. The Hall–Kier alpha value is -1.59. The topological polar surface area (TPSA) is 173 Å². The van der Waals surface area contributed by atoms with E-state index in [9.17, 15) is 14.8 Å². The fraction of sp³-hybridized carbons (Fsp3) is 0.455. The maximum Gasteiger partial charge on any atom is 0.469 e. The van der Waals surface area contributed by atoms with Crippen molar-refractivity contribution in [2.45, 2.75) is 24.5 Å². The number of nitrogens with two attached hydrogens (primary N) is 1. The lowest BCUT2D eigenvalue weighted by molar-refractivity contribution is -0.0503. The zero-order valence-corrected chi connectivity index (χ0v) is 12.5. The lowest BCUT2D eigenvalue weighted by Gasteiger charge is -2.16. The molecule has 0 radical (unpaired) electrons. The minimum absolute atomic E-state index is 0.345. The first-order valence-electron chi connectivity index (χ1n) is 6.56. The maximum absolute atomic E-state index is 10.7. The van der Waals surface area contributed by atoms with Crippen LogP contribution in [0.4, 0.5) is 5.69 Å². The Morgan fingerprint density at radius 1 is 1.35 bits per heavy atom. The van der Waals surface area contributed by atoms with E-state index in [1.54, 1.807) is 6.07 Å². The number of imidazole rings is 1. The number of pyridine rings is 1. The van der Waals surface area contributed by atoms with E-state index in [0.717, 1.165) is 0 Å². The predicted molar refractivity (Wildman–Crippen MR) is 75.9 cm³/mol. The SMILES string of the molecule is Nc1ccnc2c1ncn2[C@@H]1O[C@H](COP(=O)(O)O)[C@@H](O)[C@H]1O. The number of nitrogens with zero attached hydrogens (tertiary/aromatic N) is 3. The van der Waals surface area contributed by atoms with Gasteiger partial charge in [-0.15, -0.1) is 0 Å². The minimum atomic E-state index is -4.71. The molecule has 2 aromatic rings. The van der Waals surface area contributed by atoms with Gasteiger partial charge in [-0.25, -0.2) is 14.5 Å². The van der Waals surface area contributed by atoms with E-state index in [0.29, 0.717) is 16.9 Å². The molecule has 1 saturated heterocycles. The quantitative estimate of drug-likeness (QED) is 0.420. The molecule has 12 heteroatoms. The van der Waals surface area contributed by atoms with Gasteiger partial charge >= 0.3 is 7.82 Å². The molecular formula is C11H15N4O7P. The standard InChI is InChI=1S/C11H15N4O7P/c12-5-1-2-13-10-7(5)14-4-15(10)11-9(17)8(16)6(22-11)3-21-23(18,19)20/h1-2,4,6,8-9,11,16-17H,3H2,(H2,12,13)(H2,18,19,20)/t6-,8-,9-,11-/m1/s1. The minimum Gasteiger partial charge on any atom is -0.397 e. The number of rotatable bonds is 4. The summed E-state index contributed by atoms with van der Waals surface area (Å²) < 4.78 is 21.9. The first-order valence-corrected chi connectivity index (χ1v) is 8.09. The summed E-state index contributed by atoms with van der Waals surface area (Å²) in [7, 11) is -4.71. The van der Waals surface area contributed by atoms with Crippen molar-refractivity contribution in [3.05, 3.63) is 18.6 Å². The molecule has 3 heterocycles. The number of phosphoric acid groups is 1. The number of fused-ring (bicyclic) bond motifs is 1. The average Bonchev–Trinajstić information content (AvgIpc) is 3.01. The second-order valence-electron chi connectivity index (χ2n) is 5.06. The highest BCUT2D eigenvalue weighted by Crippen LogP contribution is 2.38. The Balaban J connectivity index is 1.85. The highest BCUT2D eigenvalue weighted by Gasteiger charge is 2.45. The van der Waals surface area contributed by atoms with Crippen LogP contribution in [0.1, 0.15) is 6.23 Å². The Kier molecular flexibility index (Phi) is 4.10. The molecule has 1 aliphatic heterocycles. The molecular weight excluding hydrogens is 331 g/mol. The van der Waals surface area contributed by atoms with Gasteiger partial charge in [-0.1, -0.05) is 0 Å². The van der Waals surface area contributed by atoms with Gasteiger partial charge in [0.15, 0.2) is 11.9 Å². The molecule has 4 atom stereocenters. The van der Waals surface area contributed by atoms with Crippen molar-refractivity contribution in [2.75, 3.05) is 12.3 Å². The van der Waals surface area contributed by atoms with Gasteiger partial charge in [-0.05, 0) is 6.07 Å². The summed E-state index contributed by atoms with van der Waals surface area (Å²) in [6.07, 6.45) is -2.12. The molecule has 11 nitrogen and oxygen atoms in total. The average molecular weight is 346 g/mol. The molecule has 0 aromatic carbocycles. The molecule has 1 fully saturated rings. The number of anilines is 1. The van der Waals surface area contributed by atoms with E-state index in [1.165, 1.54) is 17.1 Å². The van der Waals surface area contributed by atoms with Crippen LogP contribution in [0.2, 0.25) is 0 Å². The van der Waals surface area contributed by atoms with E-state index in [-0.39, 0.29) is 0 Å². The number of nitrogen functional groups attached to an aromatic ring is 1. The van der Waals surface area contributed by atoms with Crippen molar-refractivity contribution >= 4 is 24.7 Å². The Labute approximate surface area is 129 Å². The molecule has 6 N–H and O–H groups in total. The Bertz CT molecular complexity index is 762. The van der Waals surface area contributed by atoms with Crippen molar-refractivity contribution in [1.82, 2.24) is 14.5 Å². The molecule has 1 aliphatic rings. The number of aliphatic hydroxyl groups excluding tert-OH is 2. The Morgan fingerprint density at radius 2 is 2.09 bits per heavy atom. The van der Waals surface area contributed by atoms with E-state index in [4.69, 9.17) is 20.3 Å². The predicted octanol–water partition coefficient (Wildman–Crippen LogP) is -1.26. The van der Waals surface area contributed by atoms with Crippen molar-refractivity contribution < 1.29 is 33.8 Å². The van der Waals surface area contributed by atoms with Crippen LogP contribution in [0.5, 0.6) is 0 Å². The van der Waals surface area contributed by atoms with Crippen LogP contribution in [0.3, 0.4) is 0 Å².